The lowest BCUT2D eigenvalue weighted by molar-refractivity contribution is 0.957. The number of H-pyrrole nitrogens is 1. The van der Waals surface area contributed by atoms with Crippen LogP contribution in [0.2, 0.25) is 0 Å². The van der Waals surface area contributed by atoms with E-state index in [-0.39, 0.29) is 0 Å². The summed E-state index contributed by atoms with van der Waals surface area (Å²) in [5.41, 5.74) is 10.9. The Morgan fingerprint density at radius 2 is 1.00 bits per heavy atom. The van der Waals surface area contributed by atoms with Gasteiger partial charge in [-0.25, -0.2) is 0 Å². The lowest BCUT2D eigenvalue weighted by Crippen LogP contribution is -2.04. The molecule has 0 fully saturated rings. The zero-order valence-corrected chi connectivity index (χ0v) is 14.7. The molecule has 0 saturated carbocycles. The van der Waals surface area contributed by atoms with Gasteiger partial charge in [0.15, 0.2) is 0 Å². The summed E-state index contributed by atoms with van der Waals surface area (Å²) in [6.45, 7) is 13.8. The van der Waals surface area contributed by atoms with Crippen molar-refractivity contribution in [1.82, 2.24) is 4.98 Å². The highest BCUT2D eigenvalue weighted by Gasteiger charge is 2.20. The second-order valence-electron chi connectivity index (χ2n) is 5.87. The molecule has 1 heterocycles. The smallest absolute Gasteiger partial charge is 0.0497 e. The standard InChI is InChI=1S/C20H31N/c1-7-13-14(8-2)16(10-4)20-19(15(13)9-3)17(11-5)18(12-6)21-20/h21H,7-12H2,1-6H3. The number of hydrogen-bond acceptors (Lipinski definition) is 0. The van der Waals surface area contributed by atoms with Crippen LogP contribution in [0.25, 0.3) is 10.9 Å². The van der Waals surface area contributed by atoms with Gasteiger partial charge >= 0.3 is 0 Å². The Labute approximate surface area is 130 Å². The molecular weight excluding hydrogens is 254 g/mol. The quantitative estimate of drug-likeness (QED) is 0.717. The Balaban J connectivity index is 3.01. The highest BCUT2D eigenvalue weighted by molar-refractivity contribution is 5.93. The third kappa shape index (κ3) is 2.41. The summed E-state index contributed by atoms with van der Waals surface area (Å²) in [7, 11) is 0. The first-order valence-corrected chi connectivity index (χ1v) is 8.86. The molecule has 0 unspecified atom stereocenters. The number of rotatable bonds is 6. The molecule has 1 aromatic heterocycles. The summed E-state index contributed by atoms with van der Waals surface area (Å²) >= 11 is 0. The first-order valence-electron chi connectivity index (χ1n) is 8.86. The molecule has 0 spiro atoms. The van der Waals surface area contributed by atoms with Gasteiger partial charge < -0.3 is 4.98 Å². The van der Waals surface area contributed by atoms with E-state index in [0.29, 0.717) is 0 Å². The van der Waals surface area contributed by atoms with Crippen molar-refractivity contribution in [2.24, 2.45) is 0 Å². The minimum absolute atomic E-state index is 1.10. The van der Waals surface area contributed by atoms with Crippen molar-refractivity contribution >= 4 is 10.9 Å². The van der Waals surface area contributed by atoms with Crippen molar-refractivity contribution < 1.29 is 0 Å². The van der Waals surface area contributed by atoms with Crippen LogP contribution >= 0.6 is 0 Å². The molecule has 0 bridgehead atoms. The molecule has 2 aromatic rings. The molecule has 0 aliphatic heterocycles. The van der Waals surface area contributed by atoms with Crippen molar-refractivity contribution in [3.63, 3.8) is 0 Å². The maximum absolute atomic E-state index is 3.79. The van der Waals surface area contributed by atoms with Crippen molar-refractivity contribution in [1.29, 1.82) is 0 Å². The van der Waals surface area contributed by atoms with Gasteiger partial charge in [0.25, 0.3) is 0 Å². The topological polar surface area (TPSA) is 15.8 Å². The Morgan fingerprint density at radius 3 is 1.43 bits per heavy atom. The van der Waals surface area contributed by atoms with E-state index in [0.717, 1.165) is 38.5 Å². The minimum atomic E-state index is 1.10. The fourth-order valence-electron chi connectivity index (χ4n) is 4.14. The summed E-state index contributed by atoms with van der Waals surface area (Å²) < 4.78 is 0. The summed E-state index contributed by atoms with van der Waals surface area (Å²) in [6.07, 6.45) is 6.82. The van der Waals surface area contributed by atoms with E-state index < -0.39 is 0 Å². The predicted octanol–water partition coefficient (Wildman–Crippen LogP) is 5.54. The minimum Gasteiger partial charge on any atom is -0.358 e. The van der Waals surface area contributed by atoms with Crippen LogP contribution in [0, 0.1) is 0 Å². The molecule has 0 amide bonds. The van der Waals surface area contributed by atoms with Crippen LogP contribution in [0.1, 0.15) is 75.1 Å². The number of aryl methyl sites for hydroxylation is 4. The van der Waals surface area contributed by atoms with Gasteiger partial charge in [-0.1, -0.05) is 41.5 Å². The van der Waals surface area contributed by atoms with Crippen LogP contribution in [0.3, 0.4) is 0 Å². The lowest BCUT2D eigenvalue weighted by atomic mass is 9.86. The van der Waals surface area contributed by atoms with Gasteiger partial charge in [-0.15, -0.1) is 0 Å². The average Bonchev–Trinajstić information content (AvgIpc) is 2.90. The summed E-state index contributed by atoms with van der Waals surface area (Å²) in [5, 5.41) is 1.56. The number of aromatic nitrogens is 1. The maximum Gasteiger partial charge on any atom is 0.0497 e. The normalized spacial score (nSPS) is 11.5. The summed E-state index contributed by atoms with van der Waals surface area (Å²) in [6, 6.07) is 0. The van der Waals surface area contributed by atoms with E-state index in [1.807, 2.05) is 0 Å². The molecule has 21 heavy (non-hydrogen) atoms. The van der Waals surface area contributed by atoms with Crippen LogP contribution in [0.4, 0.5) is 0 Å². The van der Waals surface area contributed by atoms with Crippen LogP contribution < -0.4 is 0 Å². The van der Waals surface area contributed by atoms with E-state index in [9.17, 15) is 0 Å². The summed E-state index contributed by atoms with van der Waals surface area (Å²) in [4.78, 5) is 3.79. The maximum atomic E-state index is 3.79. The molecule has 1 aromatic carbocycles. The average molecular weight is 285 g/mol. The molecule has 1 N–H and O–H groups in total. The van der Waals surface area contributed by atoms with E-state index in [2.05, 4.69) is 46.5 Å². The molecule has 1 heteroatoms. The van der Waals surface area contributed by atoms with Crippen molar-refractivity contribution in [2.75, 3.05) is 0 Å². The Hall–Kier alpha value is -1.24. The van der Waals surface area contributed by atoms with Crippen LogP contribution in [-0.4, -0.2) is 4.98 Å². The van der Waals surface area contributed by atoms with Gasteiger partial charge in [0, 0.05) is 16.6 Å². The number of nitrogens with one attached hydrogen (secondary N) is 1. The first kappa shape index (κ1) is 16.1. The first-order chi connectivity index (χ1) is 10.2. The van der Waals surface area contributed by atoms with E-state index in [4.69, 9.17) is 0 Å². The van der Waals surface area contributed by atoms with Gasteiger partial charge in [-0.05, 0) is 66.3 Å². The largest absolute Gasteiger partial charge is 0.358 e. The predicted molar refractivity (Wildman–Crippen MR) is 94.6 cm³/mol. The highest BCUT2D eigenvalue weighted by Crippen LogP contribution is 2.36. The molecule has 1 nitrogen and oxygen atoms in total. The molecule has 0 aliphatic rings. The van der Waals surface area contributed by atoms with Crippen molar-refractivity contribution in [3.05, 3.63) is 33.5 Å². The SMILES string of the molecule is CCc1[nH]c2c(CC)c(CC)c(CC)c(CC)c2c1CC. The second kappa shape index (κ2) is 6.68. The van der Waals surface area contributed by atoms with Crippen LogP contribution in [0.5, 0.6) is 0 Å². The number of aromatic amines is 1. The molecule has 2 rings (SSSR count). The fraction of sp³-hybridized carbons (Fsp3) is 0.600. The van der Waals surface area contributed by atoms with Gasteiger partial charge in [-0.2, -0.15) is 0 Å². The third-order valence-electron chi connectivity index (χ3n) is 5.01. The molecule has 0 aliphatic carbocycles. The monoisotopic (exact) mass is 285 g/mol. The van der Waals surface area contributed by atoms with E-state index in [1.165, 1.54) is 11.2 Å². The van der Waals surface area contributed by atoms with Gasteiger partial charge in [-0.3, -0.25) is 0 Å². The molecular formula is C20H31N. The molecule has 0 saturated heterocycles. The number of fused-ring (bicyclic) bond motifs is 1. The molecule has 0 radical (unpaired) electrons. The number of hydrogen-bond donors (Lipinski definition) is 1. The van der Waals surface area contributed by atoms with Gasteiger partial charge in [0.05, 0.1) is 0 Å². The molecule has 116 valence electrons. The molecule has 0 atom stereocenters. The Morgan fingerprint density at radius 1 is 0.524 bits per heavy atom. The zero-order chi connectivity index (χ0) is 15.6. The fourth-order valence-corrected chi connectivity index (χ4v) is 4.14. The van der Waals surface area contributed by atoms with E-state index >= 15 is 0 Å². The second-order valence-corrected chi connectivity index (χ2v) is 5.87. The number of benzene rings is 1. The zero-order valence-electron chi connectivity index (χ0n) is 14.7. The Bertz CT molecular complexity index is 631. The van der Waals surface area contributed by atoms with Crippen molar-refractivity contribution in [2.45, 2.75) is 80.1 Å². The third-order valence-corrected chi connectivity index (χ3v) is 5.01. The van der Waals surface area contributed by atoms with Crippen LogP contribution in [-0.2, 0) is 38.5 Å². The van der Waals surface area contributed by atoms with Gasteiger partial charge in [0.1, 0.15) is 0 Å². The highest BCUT2D eigenvalue weighted by atomic mass is 14.7. The van der Waals surface area contributed by atoms with Crippen molar-refractivity contribution in [3.8, 4) is 0 Å². The summed E-state index contributed by atoms with van der Waals surface area (Å²) in [5.74, 6) is 0. The lowest BCUT2D eigenvalue weighted by Gasteiger charge is -2.19. The van der Waals surface area contributed by atoms with Crippen LogP contribution in [0.15, 0.2) is 0 Å². The Kier molecular flexibility index (Phi) is 5.13. The van der Waals surface area contributed by atoms with Gasteiger partial charge in [0.2, 0.25) is 0 Å². The van der Waals surface area contributed by atoms with E-state index in [1.54, 1.807) is 33.2 Å².